The van der Waals surface area contributed by atoms with E-state index in [0.29, 0.717) is 16.7 Å². The molecule has 4 nitrogen and oxygen atoms in total. The molecule has 0 saturated carbocycles. The number of benzene rings is 3. The minimum absolute atomic E-state index is 0.00115. The highest BCUT2D eigenvalue weighted by Crippen LogP contribution is 2.44. The number of hydrogen-bond acceptors (Lipinski definition) is 3. The Balaban J connectivity index is 1.68. The zero-order chi connectivity index (χ0) is 20.7. The molecule has 6 heteroatoms. The smallest absolute Gasteiger partial charge is 0.204 e. The fourth-order valence-electron chi connectivity index (χ4n) is 4.30. The highest BCUT2D eigenvalue weighted by Gasteiger charge is 2.33. The van der Waals surface area contributed by atoms with Crippen molar-refractivity contribution < 1.29 is 4.74 Å². The van der Waals surface area contributed by atoms with Crippen molar-refractivity contribution in [3.05, 3.63) is 87.9 Å². The lowest BCUT2D eigenvalue weighted by Gasteiger charge is -2.34. The van der Waals surface area contributed by atoms with E-state index in [2.05, 4.69) is 28.1 Å². The lowest BCUT2D eigenvalue weighted by molar-refractivity contribution is 0.329. The van der Waals surface area contributed by atoms with Gasteiger partial charge >= 0.3 is 0 Å². The summed E-state index contributed by atoms with van der Waals surface area (Å²) in [6.07, 6.45) is 0.804. The summed E-state index contributed by atoms with van der Waals surface area (Å²) in [6, 6.07) is 22.2. The third kappa shape index (κ3) is 3.30. The largest absolute Gasteiger partial charge is 0.494 e. The Kier molecular flexibility index (Phi) is 5.05. The number of aromatic nitrogens is 2. The van der Waals surface area contributed by atoms with Crippen molar-refractivity contribution in [3.8, 4) is 5.75 Å². The predicted octanol–water partition coefficient (Wildman–Crippen LogP) is 6.89. The number of ether oxygens (including phenoxy) is 1. The van der Waals surface area contributed by atoms with Crippen molar-refractivity contribution in [2.45, 2.75) is 25.4 Å². The average Bonchev–Trinajstić information content (AvgIpc) is 3.12. The van der Waals surface area contributed by atoms with Crippen LogP contribution in [0, 0.1) is 0 Å². The summed E-state index contributed by atoms with van der Waals surface area (Å²) in [5, 5.41) is 4.88. The number of hydrogen-bond donors (Lipinski definition) is 1. The monoisotopic (exact) mass is 437 g/mol. The summed E-state index contributed by atoms with van der Waals surface area (Å²) in [5.41, 5.74) is 4.21. The fraction of sp³-hybridized carbons (Fsp3) is 0.208. The van der Waals surface area contributed by atoms with Gasteiger partial charge in [0.2, 0.25) is 5.95 Å². The summed E-state index contributed by atoms with van der Waals surface area (Å²) < 4.78 is 8.25. The molecule has 0 bridgehead atoms. The van der Waals surface area contributed by atoms with Gasteiger partial charge in [-0.2, -0.15) is 0 Å². The molecular weight excluding hydrogens is 417 g/mol. The van der Waals surface area contributed by atoms with Crippen LogP contribution in [0.4, 0.5) is 5.95 Å². The van der Waals surface area contributed by atoms with Crippen molar-refractivity contribution in [2.75, 3.05) is 11.9 Å². The molecule has 0 amide bonds. The predicted molar refractivity (Wildman–Crippen MR) is 123 cm³/mol. The van der Waals surface area contributed by atoms with Gasteiger partial charge in [-0.05, 0) is 49.2 Å². The van der Waals surface area contributed by atoms with E-state index in [1.165, 1.54) is 0 Å². The van der Waals surface area contributed by atoms with Gasteiger partial charge < -0.3 is 14.6 Å². The minimum atomic E-state index is -0.00115. The average molecular weight is 438 g/mol. The minimum Gasteiger partial charge on any atom is -0.494 e. The number of rotatable bonds is 4. The van der Waals surface area contributed by atoms with Gasteiger partial charge in [-0.25, -0.2) is 4.98 Å². The molecule has 1 aliphatic rings. The third-order valence-corrected chi connectivity index (χ3v) is 6.15. The molecule has 2 atom stereocenters. The van der Waals surface area contributed by atoms with Crippen LogP contribution in [0.25, 0.3) is 11.0 Å². The molecule has 0 spiro atoms. The summed E-state index contributed by atoms with van der Waals surface area (Å²) in [6.45, 7) is 2.62. The first-order valence-electron chi connectivity index (χ1n) is 10.1. The summed E-state index contributed by atoms with van der Waals surface area (Å²) >= 11 is 12.7. The second-order valence-electron chi connectivity index (χ2n) is 7.38. The summed E-state index contributed by atoms with van der Waals surface area (Å²) in [4.78, 5) is 4.87. The Labute approximate surface area is 185 Å². The Morgan fingerprint density at radius 2 is 1.83 bits per heavy atom. The molecule has 0 fully saturated rings. The van der Waals surface area contributed by atoms with Crippen molar-refractivity contribution in [2.24, 2.45) is 0 Å². The number of nitrogens with zero attached hydrogens (tertiary/aromatic N) is 2. The number of fused-ring (bicyclic) bond motifs is 3. The summed E-state index contributed by atoms with van der Waals surface area (Å²) in [7, 11) is 0. The Morgan fingerprint density at radius 3 is 2.67 bits per heavy atom. The van der Waals surface area contributed by atoms with E-state index in [1.54, 1.807) is 6.07 Å². The van der Waals surface area contributed by atoms with Crippen LogP contribution in [0.5, 0.6) is 5.75 Å². The molecule has 0 radical (unpaired) electrons. The molecule has 1 N–H and O–H groups in total. The molecule has 0 unspecified atom stereocenters. The first kappa shape index (κ1) is 19.3. The molecule has 30 heavy (non-hydrogen) atoms. The molecule has 0 saturated heterocycles. The highest BCUT2D eigenvalue weighted by molar-refractivity contribution is 6.35. The molecule has 2 heterocycles. The van der Waals surface area contributed by atoms with Crippen molar-refractivity contribution in [3.63, 3.8) is 0 Å². The number of anilines is 1. The van der Waals surface area contributed by atoms with Gasteiger partial charge in [-0.1, -0.05) is 59.6 Å². The quantitative estimate of drug-likeness (QED) is 0.377. The molecule has 0 aliphatic carbocycles. The lowest BCUT2D eigenvalue weighted by atomic mass is 9.92. The number of halogens is 2. The highest BCUT2D eigenvalue weighted by atomic mass is 35.5. The van der Waals surface area contributed by atoms with Crippen molar-refractivity contribution >= 4 is 40.2 Å². The molecule has 3 aromatic carbocycles. The van der Waals surface area contributed by atoms with Gasteiger partial charge in [0.15, 0.2) is 0 Å². The molecule has 1 aliphatic heterocycles. The van der Waals surface area contributed by atoms with Crippen molar-refractivity contribution in [1.29, 1.82) is 0 Å². The maximum atomic E-state index is 6.57. The Bertz CT molecular complexity index is 1220. The standard InChI is InChI=1S/C24H21Cl2N3O/c1-2-30-23-10-6-3-7-17(23)22-14-20(16-12-11-15(25)13-18(16)26)28-24-27-19-8-4-5-9-21(19)29(22)24/h3-13,20,22H,2,14H2,1H3,(H,27,28)/t20-,22-/m0/s1. The van der Waals surface area contributed by atoms with Crippen LogP contribution >= 0.6 is 23.2 Å². The summed E-state index contributed by atoms with van der Waals surface area (Å²) in [5.74, 6) is 1.73. The topological polar surface area (TPSA) is 39.1 Å². The van der Waals surface area contributed by atoms with Crippen LogP contribution in [0.2, 0.25) is 10.0 Å². The van der Waals surface area contributed by atoms with E-state index < -0.39 is 0 Å². The number of imidazole rings is 1. The van der Waals surface area contributed by atoms with Crippen LogP contribution in [-0.4, -0.2) is 16.2 Å². The fourth-order valence-corrected chi connectivity index (χ4v) is 4.84. The third-order valence-electron chi connectivity index (χ3n) is 5.59. The van der Waals surface area contributed by atoms with E-state index in [-0.39, 0.29) is 12.1 Å². The Morgan fingerprint density at radius 1 is 1.03 bits per heavy atom. The van der Waals surface area contributed by atoms with E-state index in [1.807, 2.05) is 49.4 Å². The molecule has 4 aromatic rings. The SMILES string of the molecule is CCOc1ccccc1[C@@H]1C[C@@H](c2ccc(Cl)cc2Cl)Nc2nc3ccccc3n21. The van der Waals surface area contributed by atoms with E-state index in [9.17, 15) is 0 Å². The molecule has 1 aromatic heterocycles. The Hall–Kier alpha value is -2.69. The van der Waals surface area contributed by atoms with E-state index >= 15 is 0 Å². The van der Waals surface area contributed by atoms with Gasteiger partial charge in [-0.3, -0.25) is 0 Å². The van der Waals surface area contributed by atoms with Gasteiger partial charge in [0.25, 0.3) is 0 Å². The van der Waals surface area contributed by atoms with Crippen LogP contribution in [0.1, 0.15) is 36.6 Å². The number of para-hydroxylation sites is 3. The van der Waals surface area contributed by atoms with Crippen molar-refractivity contribution in [1.82, 2.24) is 9.55 Å². The van der Waals surface area contributed by atoms with Gasteiger partial charge in [-0.15, -0.1) is 0 Å². The van der Waals surface area contributed by atoms with E-state index in [0.717, 1.165) is 40.3 Å². The maximum absolute atomic E-state index is 6.57. The van der Waals surface area contributed by atoms with Crippen LogP contribution in [-0.2, 0) is 0 Å². The first-order valence-corrected chi connectivity index (χ1v) is 10.8. The number of nitrogens with one attached hydrogen (secondary N) is 1. The zero-order valence-electron chi connectivity index (χ0n) is 16.5. The molecule has 5 rings (SSSR count). The van der Waals surface area contributed by atoms with E-state index in [4.69, 9.17) is 32.9 Å². The maximum Gasteiger partial charge on any atom is 0.204 e. The van der Waals surface area contributed by atoms with Crippen LogP contribution in [0.3, 0.4) is 0 Å². The van der Waals surface area contributed by atoms with Crippen LogP contribution in [0.15, 0.2) is 66.7 Å². The molecular formula is C24H21Cl2N3O. The van der Waals surface area contributed by atoms with Gasteiger partial charge in [0, 0.05) is 15.6 Å². The second kappa shape index (κ2) is 7.86. The van der Waals surface area contributed by atoms with Crippen LogP contribution < -0.4 is 10.1 Å². The molecule has 152 valence electrons. The van der Waals surface area contributed by atoms with Gasteiger partial charge in [0.1, 0.15) is 5.75 Å². The normalized spacial score (nSPS) is 18.1. The zero-order valence-corrected chi connectivity index (χ0v) is 18.0. The second-order valence-corrected chi connectivity index (χ2v) is 8.22. The van der Waals surface area contributed by atoms with Gasteiger partial charge in [0.05, 0.1) is 29.7 Å². The lowest BCUT2D eigenvalue weighted by Crippen LogP contribution is -2.27. The first-order chi connectivity index (χ1) is 14.7.